The maximum Gasteiger partial charge on any atom is 0.410 e. The van der Waals surface area contributed by atoms with Crippen molar-refractivity contribution in [1.82, 2.24) is 40.8 Å². The molecular weight excluding hydrogens is 972 g/mol. The van der Waals surface area contributed by atoms with Crippen LogP contribution in [0.4, 0.5) is 28.3 Å². The first-order valence-electron chi connectivity index (χ1n) is 25.9. The first kappa shape index (κ1) is 52.3. The number of hydrogen-bond acceptors (Lipinski definition) is 15. The Balaban J connectivity index is 0.000000183. The molecule has 18 nitrogen and oxygen atoms in total. The molecule has 20 heteroatoms. The molecule has 2 aliphatic carbocycles. The molecular formula is C53H70Cl2N12O6. The number of benzene rings is 2. The van der Waals surface area contributed by atoms with Gasteiger partial charge in [-0.1, -0.05) is 47.5 Å². The topological polar surface area (TPSA) is 222 Å². The number of halogens is 2. The number of rotatable bonds is 14. The molecule has 6 heterocycles. The lowest BCUT2D eigenvalue weighted by Gasteiger charge is -2.33. The standard InChI is InChI=1S/C29H39ClN6O4.C24H31ClN6O2/c1-28(2,3)40-27(39)35-11-6-21(7-12-35)33-25(38)22-16-32-26(36-13-10-29(18-36)8-9-29)34-24(22)31-15-19-4-5-20(17-37)23(30)14-19;25-20-11-16(1-2-17(20)14-32)12-27-21-19(22(33)29-18-3-8-26-9-4-18)13-28-23(30-21)31-10-7-24(15-31)5-6-24/h4-5,14,16,21,37H,6-13,15,17-18H2,1-3H3,(H,33,38)(H,31,32,34);1-2,11,13,18,26,32H,3-10,12,14-15H2,(H,29,33)(H,27,28,30). The Morgan fingerprint density at radius 3 is 1.53 bits per heavy atom. The normalized spacial score (nSPS) is 19.1. The molecule has 4 aromatic rings. The number of aliphatic hydroxyl groups excluding tert-OH is 2. The summed E-state index contributed by atoms with van der Waals surface area (Å²) in [7, 11) is 0. The van der Waals surface area contributed by atoms with Crippen LogP contribution in [-0.2, 0) is 31.0 Å². The van der Waals surface area contributed by atoms with Crippen molar-refractivity contribution in [3.63, 3.8) is 0 Å². The SMILES string of the molecule is CC(C)(C)OC(=O)N1CCC(NC(=O)c2cnc(N3CCC4(CC4)C3)nc2NCc2ccc(CO)c(Cl)c2)CC1.O=C(NC1CCNCC1)c1cnc(N2CCC3(CC3)C2)nc1NCc1ccc(CO)c(Cl)c1. The van der Waals surface area contributed by atoms with E-state index in [9.17, 15) is 24.6 Å². The zero-order valence-corrected chi connectivity index (χ0v) is 43.8. The van der Waals surface area contributed by atoms with E-state index in [2.05, 4.69) is 46.4 Å². The predicted molar refractivity (Wildman–Crippen MR) is 282 cm³/mol. The second-order valence-corrected chi connectivity index (χ2v) is 22.6. The fourth-order valence-electron chi connectivity index (χ4n) is 10.1. The number of hydrogen-bond donors (Lipinski definition) is 7. The average Bonchev–Trinajstić information content (AvgIpc) is 4.23. The Morgan fingerprint density at radius 2 is 1.14 bits per heavy atom. The van der Waals surface area contributed by atoms with Crippen molar-refractivity contribution in [2.45, 2.75) is 129 Å². The van der Waals surface area contributed by atoms with Crippen molar-refractivity contribution in [3.05, 3.63) is 92.2 Å². The van der Waals surface area contributed by atoms with E-state index in [4.69, 9.17) is 37.9 Å². The number of nitrogens with one attached hydrogen (secondary N) is 5. The highest BCUT2D eigenvalue weighted by Crippen LogP contribution is 2.54. The number of carbonyl (C=O) groups excluding carboxylic acids is 3. The Bertz CT molecular complexity index is 2630. The summed E-state index contributed by atoms with van der Waals surface area (Å²) in [6.07, 6.45) is 13.5. The molecule has 4 saturated heterocycles. The van der Waals surface area contributed by atoms with Crippen molar-refractivity contribution in [1.29, 1.82) is 0 Å². The van der Waals surface area contributed by atoms with Crippen LogP contribution in [0.5, 0.6) is 0 Å². The smallest absolute Gasteiger partial charge is 0.410 e. The van der Waals surface area contributed by atoms with Gasteiger partial charge in [-0.3, -0.25) is 9.59 Å². The van der Waals surface area contributed by atoms with Crippen molar-refractivity contribution < 1.29 is 29.3 Å². The Hall–Kier alpha value is -5.53. The Kier molecular flexibility index (Phi) is 16.1. The number of aromatic nitrogens is 4. The fourth-order valence-corrected chi connectivity index (χ4v) is 10.6. The molecule has 3 amide bonds. The van der Waals surface area contributed by atoms with E-state index in [0.29, 0.717) is 106 Å². The van der Waals surface area contributed by atoms with Crippen LogP contribution in [0, 0.1) is 10.8 Å². The largest absolute Gasteiger partial charge is 0.444 e. The van der Waals surface area contributed by atoms with Crippen molar-refractivity contribution >= 4 is 64.6 Å². The van der Waals surface area contributed by atoms with Crippen LogP contribution in [0.1, 0.15) is 128 Å². The van der Waals surface area contributed by atoms with Gasteiger partial charge in [-0.25, -0.2) is 14.8 Å². The van der Waals surface area contributed by atoms with Gasteiger partial charge >= 0.3 is 6.09 Å². The van der Waals surface area contributed by atoms with E-state index in [1.807, 2.05) is 45.0 Å². The molecule has 7 N–H and O–H groups in total. The third-order valence-corrected chi connectivity index (χ3v) is 15.8. The molecule has 2 aromatic heterocycles. The summed E-state index contributed by atoms with van der Waals surface area (Å²) < 4.78 is 5.48. The first-order valence-corrected chi connectivity index (χ1v) is 26.6. The number of carbonyl (C=O) groups is 3. The van der Waals surface area contributed by atoms with Gasteiger partial charge in [0.1, 0.15) is 28.4 Å². The van der Waals surface area contributed by atoms with E-state index in [1.165, 1.54) is 32.1 Å². The van der Waals surface area contributed by atoms with Gasteiger partial charge in [0.05, 0.1) is 13.2 Å². The van der Waals surface area contributed by atoms with Crippen LogP contribution in [-0.4, -0.2) is 123 Å². The van der Waals surface area contributed by atoms with Gasteiger partial charge in [-0.15, -0.1) is 0 Å². The number of amides is 3. The lowest BCUT2D eigenvalue weighted by atomic mass is 10.0. The van der Waals surface area contributed by atoms with Gasteiger partial charge in [0.15, 0.2) is 0 Å². The van der Waals surface area contributed by atoms with E-state index >= 15 is 0 Å². The van der Waals surface area contributed by atoms with Crippen molar-refractivity contribution in [2.24, 2.45) is 10.8 Å². The average molecular weight is 1040 g/mol. The second-order valence-electron chi connectivity index (χ2n) is 21.8. The molecule has 0 unspecified atom stereocenters. The number of nitrogens with zero attached hydrogens (tertiary/aromatic N) is 7. The molecule has 392 valence electrons. The molecule has 0 bridgehead atoms. The zero-order chi connectivity index (χ0) is 51.3. The molecule has 2 aromatic carbocycles. The molecule has 73 heavy (non-hydrogen) atoms. The minimum atomic E-state index is -0.543. The van der Waals surface area contributed by atoms with Gasteiger partial charge in [0.25, 0.3) is 11.8 Å². The maximum absolute atomic E-state index is 13.4. The van der Waals surface area contributed by atoms with Gasteiger partial charge in [-0.05, 0) is 143 Å². The minimum absolute atomic E-state index is 0.0724. The van der Waals surface area contributed by atoms with E-state index in [1.54, 1.807) is 29.4 Å². The maximum atomic E-state index is 13.4. The van der Waals surface area contributed by atoms with Crippen LogP contribution < -0.4 is 36.4 Å². The van der Waals surface area contributed by atoms with Crippen LogP contribution in [0.3, 0.4) is 0 Å². The molecule has 0 atom stereocenters. The van der Waals surface area contributed by atoms with Crippen LogP contribution in [0.15, 0.2) is 48.8 Å². The summed E-state index contributed by atoms with van der Waals surface area (Å²) in [6, 6.07) is 11.1. The van der Waals surface area contributed by atoms with Crippen molar-refractivity contribution in [2.75, 3.05) is 72.8 Å². The number of aliphatic hydroxyl groups is 2. The Labute approximate surface area is 437 Å². The van der Waals surface area contributed by atoms with Crippen LogP contribution in [0.25, 0.3) is 0 Å². The molecule has 6 aliphatic rings. The van der Waals surface area contributed by atoms with Crippen LogP contribution >= 0.6 is 23.2 Å². The number of ether oxygens (including phenoxy) is 1. The number of anilines is 4. The molecule has 2 spiro atoms. The molecule has 2 saturated carbocycles. The highest BCUT2D eigenvalue weighted by atomic mass is 35.5. The van der Waals surface area contributed by atoms with E-state index in [0.717, 1.165) is 69.7 Å². The summed E-state index contributed by atoms with van der Waals surface area (Å²) in [6.45, 7) is 12.9. The van der Waals surface area contributed by atoms with Gasteiger partial charge in [0, 0.05) is 86.9 Å². The summed E-state index contributed by atoms with van der Waals surface area (Å²) >= 11 is 12.5. The molecule has 4 aliphatic heterocycles. The third kappa shape index (κ3) is 13.4. The zero-order valence-electron chi connectivity index (χ0n) is 42.2. The highest BCUT2D eigenvalue weighted by molar-refractivity contribution is 6.31. The first-order chi connectivity index (χ1) is 35.1. The summed E-state index contributed by atoms with van der Waals surface area (Å²) in [5.74, 6) is 1.90. The Morgan fingerprint density at radius 1 is 0.685 bits per heavy atom. The summed E-state index contributed by atoms with van der Waals surface area (Å²) in [5.41, 5.74) is 4.37. The highest BCUT2D eigenvalue weighted by Gasteiger charge is 2.49. The molecule has 0 radical (unpaired) electrons. The number of likely N-dealkylation sites (tertiary alicyclic amines) is 1. The van der Waals surface area contributed by atoms with Gasteiger partial charge in [-0.2, -0.15) is 9.97 Å². The summed E-state index contributed by atoms with van der Waals surface area (Å²) in [5, 5.41) is 36.0. The molecule has 6 fully saturated rings. The quantitative estimate of drug-likeness (QED) is 0.0672. The van der Waals surface area contributed by atoms with Crippen LogP contribution in [0.2, 0.25) is 10.0 Å². The van der Waals surface area contributed by atoms with Crippen molar-refractivity contribution in [3.8, 4) is 0 Å². The predicted octanol–water partition coefficient (Wildman–Crippen LogP) is 7.06. The third-order valence-electron chi connectivity index (χ3n) is 15.0. The monoisotopic (exact) mass is 1040 g/mol. The van der Waals surface area contributed by atoms with E-state index in [-0.39, 0.29) is 43.2 Å². The second kappa shape index (κ2) is 22.5. The van der Waals surface area contributed by atoms with Gasteiger partial charge < -0.3 is 56.2 Å². The number of piperidine rings is 2. The summed E-state index contributed by atoms with van der Waals surface area (Å²) in [4.78, 5) is 63.8. The fraction of sp³-hybridized carbons (Fsp3) is 0.566. The molecule has 10 rings (SSSR count). The minimum Gasteiger partial charge on any atom is -0.444 e. The van der Waals surface area contributed by atoms with E-state index < -0.39 is 5.60 Å². The lowest BCUT2D eigenvalue weighted by Crippen LogP contribution is -2.47. The lowest BCUT2D eigenvalue weighted by molar-refractivity contribution is 0.0199. The van der Waals surface area contributed by atoms with Gasteiger partial charge in [0.2, 0.25) is 11.9 Å².